The van der Waals surface area contributed by atoms with Crippen molar-refractivity contribution in [1.29, 1.82) is 0 Å². The Balaban J connectivity index is 0.000000317. The Morgan fingerprint density at radius 2 is 1.44 bits per heavy atom. The first-order chi connectivity index (χ1) is 18.2. The minimum Gasteiger partial charge on any atom is -0.475 e. The van der Waals surface area contributed by atoms with Crippen molar-refractivity contribution in [3.63, 3.8) is 0 Å². The van der Waals surface area contributed by atoms with Crippen LogP contribution in [0.4, 0.5) is 26.3 Å². The predicted molar refractivity (Wildman–Crippen MR) is 125 cm³/mol. The number of hydrogen-bond donors (Lipinski definition) is 2. The maximum Gasteiger partial charge on any atom is 0.490 e. The Bertz CT molecular complexity index is 869. The molecule has 1 aromatic heterocycles. The quantitative estimate of drug-likeness (QED) is 0.508. The fourth-order valence-electron chi connectivity index (χ4n) is 4.74. The number of aliphatic carboxylic acids is 2. The lowest BCUT2D eigenvalue weighted by molar-refractivity contribution is -0.193. The number of aromatic nitrogens is 3. The first-order valence-electron chi connectivity index (χ1n) is 12.7. The maximum atomic E-state index is 10.6. The molecule has 3 fully saturated rings. The van der Waals surface area contributed by atoms with Gasteiger partial charge in [-0.15, -0.1) is 5.10 Å². The Kier molecular flexibility index (Phi) is 12.4. The van der Waals surface area contributed by atoms with Gasteiger partial charge in [-0.2, -0.15) is 26.3 Å². The molecule has 3 heterocycles. The molecule has 0 bridgehead atoms. The van der Waals surface area contributed by atoms with E-state index in [1.165, 1.54) is 63.9 Å². The van der Waals surface area contributed by atoms with E-state index in [2.05, 4.69) is 37.9 Å². The van der Waals surface area contributed by atoms with Crippen LogP contribution >= 0.6 is 0 Å². The van der Waals surface area contributed by atoms with Gasteiger partial charge in [-0.05, 0) is 32.6 Å². The fourth-order valence-corrected chi connectivity index (χ4v) is 4.74. The van der Waals surface area contributed by atoms with E-state index < -0.39 is 24.3 Å². The average molecular weight is 576 g/mol. The molecule has 0 spiro atoms. The summed E-state index contributed by atoms with van der Waals surface area (Å²) in [6, 6.07) is 1.17. The van der Waals surface area contributed by atoms with Gasteiger partial charge < -0.3 is 14.9 Å². The van der Waals surface area contributed by atoms with E-state index in [0.717, 1.165) is 26.3 Å². The molecule has 16 heteroatoms. The molecule has 2 aliphatic heterocycles. The Morgan fingerprint density at radius 1 is 0.949 bits per heavy atom. The molecule has 1 saturated carbocycles. The second-order valence-corrected chi connectivity index (χ2v) is 9.74. The van der Waals surface area contributed by atoms with Gasteiger partial charge in [0, 0.05) is 50.9 Å². The van der Waals surface area contributed by atoms with Crippen LogP contribution < -0.4 is 0 Å². The van der Waals surface area contributed by atoms with Gasteiger partial charge in [-0.25, -0.2) is 14.3 Å². The highest BCUT2D eigenvalue weighted by Crippen LogP contribution is 2.33. The standard InChI is InChI=1S/C19H33N5O.2C2HF3O2/c1-16(14-22-10-12-25-13-11-22)23-8-6-18(7-9-23)24-15-19(20-21-24)17-4-2-3-5-17;2*3-2(4,5)1(6)7/h15-18H,2-14H2,1H3;2*(H,6,7). The topological polar surface area (TPSA) is 121 Å². The SMILES string of the molecule is CC(CN1CCOCC1)N1CCC(n2cc(C3CCCC3)nn2)CC1.O=C(O)C(F)(F)F.O=C(O)C(F)(F)F. The minimum atomic E-state index is -5.08. The van der Waals surface area contributed by atoms with Gasteiger partial charge in [0.25, 0.3) is 0 Å². The number of alkyl halides is 6. The molecule has 224 valence electrons. The number of halogens is 6. The maximum absolute atomic E-state index is 10.6. The van der Waals surface area contributed by atoms with Gasteiger partial charge >= 0.3 is 24.3 Å². The van der Waals surface area contributed by atoms with Crippen LogP contribution in [0.2, 0.25) is 0 Å². The number of likely N-dealkylation sites (tertiary alicyclic amines) is 1. The van der Waals surface area contributed by atoms with Gasteiger partial charge in [0.2, 0.25) is 0 Å². The monoisotopic (exact) mass is 575 g/mol. The number of rotatable bonds is 5. The third-order valence-corrected chi connectivity index (χ3v) is 6.91. The number of carbonyl (C=O) groups is 2. The summed E-state index contributed by atoms with van der Waals surface area (Å²) in [5, 5.41) is 23.2. The molecule has 3 aliphatic rings. The Hall–Kier alpha value is -2.46. The van der Waals surface area contributed by atoms with E-state index in [0.29, 0.717) is 18.0 Å². The molecule has 1 atom stereocenters. The van der Waals surface area contributed by atoms with Crippen molar-refractivity contribution in [2.24, 2.45) is 0 Å². The third-order valence-electron chi connectivity index (χ3n) is 6.91. The molecular formula is C23H35F6N5O5. The van der Waals surface area contributed by atoms with E-state index in [4.69, 9.17) is 24.5 Å². The molecule has 1 aliphatic carbocycles. The molecule has 0 amide bonds. The summed E-state index contributed by atoms with van der Waals surface area (Å²) in [5.41, 5.74) is 1.24. The summed E-state index contributed by atoms with van der Waals surface area (Å²) in [4.78, 5) is 23.0. The number of ether oxygens (including phenoxy) is 1. The average Bonchev–Trinajstić information content (AvgIpc) is 3.57. The van der Waals surface area contributed by atoms with Gasteiger partial charge in [0.1, 0.15) is 0 Å². The molecule has 4 rings (SSSR count). The van der Waals surface area contributed by atoms with Crippen LogP contribution in [-0.4, -0.2) is 111 Å². The van der Waals surface area contributed by atoms with Crippen LogP contribution in [0.25, 0.3) is 0 Å². The van der Waals surface area contributed by atoms with Crippen molar-refractivity contribution in [2.75, 3.05) is 45.9 Å². The van der Waals surface area contributed by atoms with Gasteiger partial charge in [-0.1, -0.05) is 18.1 Å². The largest absolute Gasteiger partial charge is 0.490 e. The van der Waals surface area contributed by atoms with Gasteiger partial charge in [-0.3, -0.25) is 9.80 Å². The fraction of sp³-hybridized carbons (Fsp3) is 0.826. The highest BCUT2D eigenvalue weighted by Gasteiger charge is 2.39. The minimum absolute atomic E-state index is 0.537. The first kappa shape index (κ1) is 32.8. The van der Waals surface area contributed by atoms with E-state index in [9.17, 15) is 26.3 Å². The van der Waals surface area contributed by atoms with Crippen LogP contribution in [0.5, 0.6) is 0 Å². The number of carboxylic acid groups (broad SMARTS) is 2. The normalized spacial score (nSPS) is 20.9. The first-order valence-corrected chi connectivity index (χ1v) is 12.7. The van der Waals surface area contributed by atoms with Crippen molar-refractivity contribution < 1.29 is 50.9 Å². The zero-order valence-corrected chi connectivity index (χ0v) is 21.6. The van der Waals surface area contributed by atoms with Crippen molar-refractivity contribution in [3.05, 3.63) is 11.9 Å². The number of morpholine rings is 1. The molecule has 0 radical (unpaired) electrons. The number of nitrogens with zero attached hydrogens (tertiary/aromatic N) is 5. The molecule has 39 heavy (non-hydrogen) atoms. The lowest BCUT2D eigenvalue weighted by Gasteiger charge is -2.38. The highest BCUT2D eigenvalue weighted by molar-refractivity contribution is 5.73. The summed E-state index contributed by atoms with van der Waals surface area (Å²) >= 11 is 0. The molecule has 1 unspecified atom stereocenters. The summed E-state index contributed by atoms with van der Waals surface area (Å²) in [6.45, 7) is 9.86. The molecule has 10 nitrogen and oxygen atoms in total. The summed E-state index contributed by atoms with van der Waals surface area (Å²) in [7, 11) is 0. The molecular weight excluding hydrogens is 540 g/mol. The van der Waals surface area contributed by atoms with Crippen LogP contribution in [0.1, 0.15) is 63.1 Å². The Morgan fingerprint density at radius 3 is 1.90 bits per heavy atom. The Labute approximate surface area is 221 Å². The second-order valence-electron chi connectivity index (χ2n) is 9.74. The van der Waals surface area contributed by atoms with E-state index >= 15 is 0 Å². The number of carboxylic acids is 2. The van der Waals surface area contributed by atoms with Crippen molar-refractivity contribution >= 4 is 11.9 Å². The van der Waals surface area contributed by atoms with E-state index in [1.54, 1.807) is 0 Å². The summed E-state index contributed by atoms with van der Waals surface area (Å²) in [6.07, 6.45) is -0.213. The van der Waals surface area contributed by atoms with E-state index in [1.807, 2.05) is 0 Å². The summed E-state index contributed by atoms with van der Waals surface area (Å²) < 4.78 is 71.1. The van der Waals surface area contributed by atoms with Crippen LogP contribution in [0.3, 0.4) is 0 Å². The molecule has 1 aromatic rings. The zero-order chi connectivity index (χ0) is 29.2. The number of hydrogen-bond acceptors (Lipinski definition) is 7. The lowest BCUT2D eigenvalue weighted by atomic mass is 10.0. The lowest BCUT2D eigenvalue weighted by Crippen LogP contribution is -2.48. The van der Waals surface area contributed by atoms with Gasteiger partial charge in [0.15, 0.2) is 0 Å². The van der Waals surface area contributed by atoms with Crippen LogP contribution in [-0.2, 0) is 14.3 Å². The number of piperidine rings is 1. The zero-order valence-electron chi connectivity index (χ0n) is 21.6. The molecule has 2 saturated heterocycles. The predicted octanol–water partition coefficient (Wildman–Crippen LogP) is 3.56. The molecule has 2 N–H and O–H groups in total. The van der Waals surface area contributed by atoms with Crippen molar-refractivity contribution in [1.82, 2.24) is 24.8 Å². The van der Waals surface area contributed by atoms with Crippen LogP contribution in [0.15, 0.2) is 6.20 Å². The third kappa shape index (κ3) is 11.3. The van der Waals surface area contributed by atoms with Crippen molar-refractivity contribution in [3.8, 4) is 0 Å². The summed E-state index contributed by atoms with van der Waals surface area (Å²) in [5.74, 6) is -4.85. The molecule has 0 aromatic carbocycles. The van der Waals surface area contributed by atoms with Gasteiger partial charge in [0.05, 0.1) is 24.9 Å². The van der Waals surface area contributed by atoms with Crippen molar-refractivity contribution in [2.45, 2.75) is 75.8 Å². The highest BCUT2D eigenvalue weighted by atomic mass is 19.4. The smallest absolute Gasteiger partial charge is 0.475 e. The van der Waals surface area contributed by atoms with Crippen LogP contribution in [0, 0.1) is 0 Å². The second kappa shape index (κ2) is 14.8. The van der Waals surface area contributed by atoms with E-state index in [-0.39, 0.29) is 0 Å².